The molecular weight excluding hydrogens is 298 g/mol. The molecule has 0 aromatic heterocycles. The summed E-state index contributed by atoms with van der Waals surface area (Å²) in [5, 5.41) is 3.13. The van der Waals surface area contributed by atoms with Gasteiger partial charge in [-0.3, -0.25) is 0 Å². The molecule has 6 heteroatoms. The minimum absolute atomic E-state index is 0.256. The molecule has 6 nitrogen and oxygen atoms in total. The number of rotatable bonds is 7. The molecule has 0 unspecified atom stereocenters. The summed E-state index contributed by atoms with van der Waals surface area (Å²) in [6.07, 6.45) is 2.54. The molecule has 0 saturated heterocycles. The fraction of sp³-hybridized carbons (Fsp3) is 0.294. The second kappa shape index (κ2) is 9.30. The summed E-state index contributed by atoms with van der Waals surface area (Å²) in [7, 11) is 4.16. The van der Waals surface area contributed by atoms with Crippen molar-refractivity contribution in [2.24, 2.45) is 0 Å². The molecule has 1 N–H and O–H groups in total. The molecule has 1 rings (SSSR count). The van der Waals surface area contributed by atoms with Crippen LogP contribution in [0.5, 0.6) is 5.75 Å². The van der Waals surface area contributed by atoms with Crippen LogP contribution in [0.4, 0.5) is 0 Å². The maximum Gasteiger partial charge on any atom is 0.339 e. The normalized spacial score (nSPS) is 11.7. The zero-order chi connectivity index (χ0) is 17.2. The van der Waals surface area contributed by atoms with Gasteiger partial charge in [-0.25, -0.2) is 9.59 Å². The van der Waals surface area contributed by atoms with Crippen LogP contribution in [0.2, 0.25) is 0 Å². The fourth-order valence-electron chi connectivity index (χ4n) is 1.75. The van der Waals surface area contributed by atoms with Gasteiger partial charge in [0.15, 0.2) is 0 Å². The van der Waals surface area contributed by atoms with E-state index in [1.165, 1.54) is 26.4 Å². The average molecular weight is 319 g/mol. The topological polar surface area (TPSA) is 73.9 Å². The second-order valence-corrected chi connectivity index (χ2v) is 4.59. The molecule has 23 heavy (non-hydrogen) atoms. The van der Waals surface area contributed by atoms with Gasteiger partial charge < -0.3 is 19.5 Å². The van der Waals surface area contributed by atoms with Gasteiger partial charge in [-0.2, -0.15) is 0 Å². The Balaban J connectivity index is 2.85. The maximum atomic E-state index is 11.8. The van der Waals surface area contributed by atoms with Gasteiger partial charge in [-0.1, -0.05) is 12.1 Å². The van der Waals surface area contributed by atoms with Crippen LogP contribution in [0.3, 0.4) is 0 Å². The van der Waals surface area contributed by atoms with E-state index in [0.29, 0.717) is 12.2 Å². The van der Waals surface area contributed by atoms with Crippen molar-refractivity contribution >= 4 is 11.9 Å². The molecule has 124 valence electrons. The first-order valence-corrected chi connectivity index (χ1v) is 6.93. The van der Waals surface area contributed by atoms with Crippen LogP contribution in [0.15, 0.2) is 47.7 Å². The summed E-state index contributed by atoms with van der Waals surface area (Å²) in [6.45, 7) is 2.25. The van der Waals surface area contributed by atoms with Crippen LogP contribution in [0.1, 0.15) is 12.5 Å². The molecule has 0 radical (unpaired) electrons. The van der Waals surface area contributed by atoms with Crippen molar-refractivity contribution in [3.63, 3.8) is 0 Å². The highest BCUT2D eigenvalue weighted by molar-refractivity contribution is 5.94. The van der Waals surface area contributed by atoms with Gasteiger partial charge >= 0.3 is 11.9 Å². The Bertz CT molecular complexity index is 602. The van der Waals surface area contributed by atoms with E-state index in [1.807, 2.05) is 24.3 Å². The van der Waals surface area contributed by atoms with Gasteiger partial charge in [0.25, 0.3) is 0 Å². The number of carbonyl (C=O) groups excluding carboxylic acids is 2. The summed E-state index contributed by atoms with van der Waals surface area (Å²) in [6, 6.07) is 7.55. The monoisotopic (exact) mass is 319 g/mol. The van der Waals surface area contributed by atoms with Crippen LogP contribution in [0.25, 0.3) is 0 Å². The summed E-state index contributed by atoms with van der Waals surface area (Å²) in [5.74, 6) is -0.309. The zero-order valence-electron chi connectivity index (χ0n) is 13.7. The van der Waals surface area contributed by atoms with Crippen LogP contribution in [-0.4, -0.2) is 33.3 Å². The van der Waals surface area contributed by atoms with Crippen molar-refractivity contribution in [2.75, 3.05) is 21.3 Å². The maximum absolute atomic E-state index is 11.8. The molecule has 0 bridgehead atoms. The average Bonchev–Trinajstić information content (AvgIpc) is 2.59. The van der Waals surface area contributed by atoms with Crippen molar-refractivity contribution in [2.45, 2.75) is 13.5 Å². The predicted molar refractivity (Wildman–Crippen MR) is 85.7 cm³/mol. The van der Waals surface area contributed by atoms with Gasteiger partial charge in [-0.05, 0) is 30.7 Å². The van der Waals surface area contributed by atoms with E-state index < -0.39 is 11.9 Å². The third-order valence-corrected chi connectivity index (χ3v) is 3.11. The highest BCUT2D eigenvalue weighted by atomic mass is 16.5. The van der Waals surface area contributed by atoms with Crippen molar-refractivity contribution in [1.29, 1.82) is 0 Å². The molecule has 0 heterocycles. The fourth-order valence-corrected chi connectivity index (χ4v) is 1.75. The molecule has 0 aliphatic carbocycles. The standard InChI is InChI=1S/C17H21NO5/c1-12(15(17(20)23-4)9-10-16(19)22-3)18-11-13-5-7-14(21-2)8-6-13/h5-10,18H,11H2,1-4H3/b10-9+,15-12+. The Morgan fingerprint density at radius 3 is 2.22 bits per heavy atom. The van der Waals surface area contributed by atoms with E-state index in [2.05, 4.69) is 10.1 Å². The number of allylic oxidation sites excluding steroid dienone is 1. The number of methoxy groups -OCH3 is 3. The molecule has 0 spiro atoms. The lowest BCUT2D eigenvalue weighted by Crippen LogP contribution is -2.16. The molecule has 1 aromatic carbocycles. The molecular formula is C17H21NO5. The van der Waals surface area contributed by atoms with E-state index in [9.17, 15) is 9.59 Å². The molecule has 0 atom stereocenters. The van der Waals surface area contributed by atoms with E-state index >= 15 is 0 Å². The van der Waals surface area contributed by atoms with Crippen molar-refractivity contribution < 1.29 is 23.8 Å². The number of esters is 2. The van der Waals surface area contributed by atoms with E-state index in [0.717, 1.165) is 11.3 Å². The highest BCUT2D eigenvalue weighted by Gasteiger charge is 2.11. The van der Waals surface area contributed by atoms with Crippen molar-refractivity contribution in [1.82, 2.24) is 5.32 Å². The first-order chi connectivity index (χ1) is 11.0. The quantitative estimate of drug-likeness (QED) is 0.470. The Labute approximate surface area is 135 Å². The Kier molecular flexibility index (Phi) is 7.39. The largest absolute Gasteiger partial charge is 0.497 e. The van der Waals surface area contributed by atoms with Crippen molar-refractivity contribution in [3.8, 4) is 5.75 Å². The first-order valence-electron chi connectivity index (χ1n) is 6.93. The molecule has 0 fully saturated rings. The number of hydrogen-bond donors (Lipinski definition) is 1. The summed E-state index contributed by atoms with van der Waals surface area (Å²) >= 11 is 0. The van der Waals surface area contributed by atoms with Crippen LogP contribution < -0.4 is 10.1 Å². The van der Waals surface area contributed by atoms with Gasteiger partial charge in [0.1, 0.15) is 5.75 Å². The van der Waals surface area contributed by atoms with Crippen LogP contribution in [-0.2, 0) is 25.6 Å². The minimum Gasteiger partial charge on any atom is -0.497 e. The zero-order valence-corrected chi connectivity index (χ0v) is 13.7. The molecule has 0 saturated carbocycles. The summed E-state index contributed by atoms with van der Waals surface area (Å²) in [5.41, 5.74) is 1.87. The SMILES string of the molecule is COC(=O)/C=C/C(C(=O)OC)=C(/C)NCc1ccc(OC)cc1. The molecule has 1 aromatic rings. The third kappa shape index (κ3) is 5.86. The van der Waals surface area contributed by atoms with Gasteiger partial charge in [0.05, 0.1) is 26.9 Å². The third-order valence-electron chi connectivity index (χ3n) is 3.11. The Morgan fingerprint density at radius 1 is 1.04 bits per heavy atom. The summed E-state index contributed by atoms with van der Waals surface area (Å²) in [4.78, 5) is 23.0. The number of benzene rings is 1. The predicted octanol–water partition coefficient (Wildman–Crippen LogP) is 1.96. The van der Waals surface area contributed by atoms with Gasteiger partial charge in [0.2, 0.25) is 0 Å². The van der Waals surface area contributed by atoms with Crippen molar-refractivity contribution in [3.05, 3.63) is 53.3 Å². The summed E-state index contributed by atoms with van der Waals surface area (Å²) < 4.78 is 14.3. The van der Waals surface area contributed by atoms with Gasteiger partial charge in [0, 0.05) is 18.3 Å². The second-order valence-electron chi connectivity index (χ2n) is 4.59. The number of ether oxygens (including phenoxy) is 3. The molecule has 0 aliphatic rings. The first kappa shape index (κ1) is 18.3. The lowest BCUT2D eigenvalue weighted by Gasteiger charge is -2.11. The lowest BCUT2D eigenvalue weighted by molar-refractivity contribution is -0.135. The number of nitrogens with one attached hydrogen (secondary N) is 1. The van der Waals surface area contributed by atoms with Crippen LogP contribution >= 0.6 is 0 Å². The van der Waals surface area contributed by atoms with E-state index in [-0.39, 0.29) is 5.57 Å². The highest BCUT2D eigenvalue weighted by Crippen LogP contribution is 2.12. The molecule has 0 amide bonds. The lowest BCUT2D eigenvalue weighted by atomic mass is 10.1. The smallest absolute Gasteiger partial charge is 0.339 e. The van der Waals surface area contributed by atoms with E-state index in [4.69, 9.17) is 9.47 Å². The van der Waals surface area contributed by atoms with Gasteiger partial charge in [-0.15, -0.1) is 0 Å². The van der Waals surface area contributed by atoms with E-state index in [1.54, 1.807) is 14.0 Å². The minimum atomic E-state index is -0.547. The Morgan fingerprint density at radius 2 is 1.70 bits per heavy atom. The molecule has 0 aliphatic heterocycles. The van der Waals surface area contributed by atoms with Crippen LogP contribution in [0, 0.1) is 0 Å². The Hall–Kier alpha value is -2.76. The number of carbonyl (C=O) groups is 2. The number of hydrogen-bond acceptors (Lipinski definition) is 6.